The van der Waals surface area contributed by atoms with Gasteiger partial charge in [0.05, 0.1) is 13.2 Å². The van der Waals surface area contributed by atoms with Crippen LogP contribution in [0.3, 0.4) is 0 Å². The first-order valence-corrected chi connectivity index (χ1v) is 11.7. The van der Waals surface area contributed by atoms with E-state index >= 15 is 0 Å². The molecule has 10 nitrogen and oxygen atoms in total. The van der Waals surface area contributed by atoms with Crippen molar-refractivity contribution in [1.29, 1.82) is 0 Å². The van der Waals surface area contributed by atoms with Crippen molar-refractivity contribution < 1.29 is 22.7 Å². The van der Waals surface area contributed by atoms with Crippen molar-refractivity contribution >= 4 is 29.7 Å². The van der Waals surface area contributed by atoms with E-state index in [2.05, 4.69) is 36.7 Å². The van der Waals surface area contributed by atoms with Gasteiger partial charge >= 0.3 is 12.2 Å². The summed E-state index contributed by atoms with van der Waals surface area (Å²) in [4.78, 5) is 22.3. The van der Waals surface area contributed by atoms with Gasteiger partial charge in [-0.2, -0.15) is 18.3 Å². The SMILES string of the molecule is NC1=NC=NN2C(CN3CCOCC3)=CC(c3ccc(NC(=O)Nc4cccc(C(F)(F)F)n4)cc3)C12. The van der Waals surface area contributed by atoms with Crippen LogP contribution in [0.4, 0.5) is 29.5 Å². The third-order valence-electron chi connectivity index (χ3n) is 6.28. The summed E-state index contributed by atoms with van der Waals surface area (Å²) < 4.78 is 44.0. The van der Waals surface area contributed by atoms with E-state index in [9.17, 15) is 18.0 Å². The Kier molecular flexibility index (Phi) is 6.80. The van der Waals surface area contributed by atoms with Gasteiger partial charge in [-0.1, -0.05) is 24.3 Å². The number of hydrogen-bond acceptors (Lipinski definition) is 8. The zero-order chi connectivity index (χ0) is 26.0. The van der Waals surface area contributed by atoms with Crippen LogP contribution >= 0.6 is 0 Å². The number of halogens is 3. The molecule has 1 fully saturated rings. The molecule has 2 amide bonds. The first-order valence-electron chi connectivity index (χ1n) is 11.7. The molecule has 1 saturated heterocycles. The fourth-order valence-corrected chi connectivity index (χ4v) is 4.51. The molecule has 3 aliphatic heterocycles. The zero-order valence-corrected chi connectivity index (χ0v) is 19.7. The molecule has 1 aromatic heterocycles. The van der Waals surface area contributed by atoms with Crippen LogP contribution in [0.15, 0.2) is 64.3 Å². The highest BCUT2D eigenvalue weighted by atomic mass is 19.4. The molecule has 37 heavy (non-hydrogen) atoms. The van der Waals surface area contributed by atoms with Gasteiger partial charge in [0, 0.05) is 36.9 Å². The van der Waals surface area contributed by atoms with Crippen molar-refractivity contribution in [2.75, 3.05) is 43.5 Å². The monoisotopic (exact) mass is 514 g/mol. The molecular formula is C24H25F3N8O2. The number of alkyl halides is 3. The van der Waals surface area contributed by atoms with E-state index in [1.165, 1.54) is 18.5 Å². The number of aromatic nitrogens is 1. The number of benzene rings is 1. The highest BCUT2D eigenvalue weighted by Gasteiger charge is 2.40. The lowest BCUT2D eigenvalue weighted by atomic mass is 9.92. The number of anilines is 2. The number of amidine groups is 1. The average molecular weight is 515 g/mol. The number of nitrogens with one attached hydrogen (secondary N) is 2. The standard InChI is InChI=1S/C24H25F3N8O2/c25-24(26,27)19-2-1-3-20(32-19)33-23(36)31-16-6-4-15(5-7-16)18-12-17(13-34-8-10-37-11-9-34)35-21(18)22(28)29-14-30-35/h1-7,12,14,18,21H,8-11,13H2,(H2,28,29,30)(H2,31,32,33,36). The Bertz CT molecular complexity index is 1240. The summed E-state index contributed by atoms with van der Waals surface area (Å²) in [5.41, 5.74) is 7.61. The Morgan fingerprint density at radius 2 is 1.86 bits per heavy atom. The minimum Gasteiger partial charge on any atom is -0.385 e. The quantitative estimate of drug-likeness (QED) is 0.564. The zero-order valence-electron chi connectivity index (χ0n) is 19.7. The second-order valence-corrected chi connectivity index (χ2v) is 8.75. The number of carbonyl (C=O) groups excluding carboxylic acids is 1. The summed E-state index contributed by atoms with van der Waals surface area (Å²) in [5, 5.41) is 11.3. The van der Waals surface area contributed by atoms with Crippen LogP contribution in [0, 0.1) is 0 Å². The lowest BCUT2D eigenvalue weighted by Gasteiger charge is -2.32. The van der Waals surface area contributed by atoms with Gasteiger partial charge < -0.3 is 15.8 Å². The lowest BCUT2D eigenvalue weighted by molar-refractivity contribution is -0.141. The third-order valence-corrected chi connectivity index (χ3v) is 6.28. The number of morpholine rings is 1. The molecule has 13 heteroatoms. The molecule has 2 atom stereocenters. The van der Waals surface area contributed by atoms with Crippen LogP contribution in [0.25, 0.3) is 0 Å². The van der Waals surface area contributed by atoms with Gasteiger partial charge in [0.15, 0.2) is 0 Å². The maximum Gasteiger partial charge on any atom is 0.433 e. The van der Waals surface area contributed by atoms with E-state index in [1.807, 2.05) is 17.1 Å². The number of rotatable bonds is 5. The van der Waals surface area contributed by atoms with Gasteiger partial charge in [-0.25, -0.2) is 14.8 Å². The van der Waals surface area contributed by atoms with Crippen LogP contribution in [-0.2, 0) is 10.9 Å². The van der Waals surface area contributed by atoms with Crippen molar-refractivity contribution in [3.63, 3.8) is 0 Å². The minimum atomic E-state index is -4.60. The number of hydrazone groups is 1. The predicted octanol–water partition coefficient (Wildman–Crippen LogP) is 3.04. The molecule has 0 saturated carbocycles. The molecule has 0 bridgehead atoms. The van der Waals surface area contributed by atoms with Gasteiger partial charge in [0.1, 0.15) is 29.7 Å². The van der Waals surface area contributed by atoms with Gasteiger partial charge in [-0.15, -0.1) is 0 Å². The van der Waals surface area contributed by atoms with Crippen molar-refractivity contribution in [2.24, 2.45) is 15.8 Å². The largest absolute Gasteiger partial charge is 0.433 e. The molecule has 2 aromatic rings. The average Bonchev–Trinajstić information content (AvgIpc) is 3.24. The molecule has 2 unspecified atom stereocenters. The Morgan fingerprint density at radius 3 is 2.59 bits per heavy atom. The van der Waals surface area contributed by atoms with E-state index in [4.69, 9.17) is 10.5 Å². The molecule has 4 N–H and O–H groups in total. The van der Waals surface area contributed by atoms with Crippen LogP contribution in [0.2, 0.25) is 0 Å². The van der Waals surface area contributed by atoms with Crippen molar-refractivity contribution in [3.05, 3.63) is 65.5 Å². The van der Waals surface area contributed by atoms with Crippen molar-refractivity contribution in [3.8, 4) is 0 Å². The molecule has 1 aromatic carbocycles. The first kappa shape index (κ1) is 24.7. The summed E-state index contributed by atoms with van der Waals surface area (Å²) in [6.45, 7) is 3.78. The number of hydrogen-bond donors (Lipinski definition) is 3. The molecule has 0 spiro atoms. The molecule has 0 radical (unpaired) electrons. The fourth-order valence-electron chi connectivity index (χ4n) is 4.51. The number of pyridine rings is 1. The first-order chi connectivity index (χ1) is 17.8. The number of ether oxygens (including phenoxy) is 1. The maximum absolute atomic E-state index is 12.9. The lowest BCUT2D eigenvalue weighted by Crippen LogP contribution is -2.45. The highest BCUT2D eigenvalue weighted by Crippen LogP contribution is 2.37. The Morgan fingerprint density at radius 1 is 1.11 bits per heavy atom. The Labute approximate surface area is 210 Å². The molecule has 4 heterocycles. The third kappa shape index (κ3) is 5.57. The number of nitrogens with two attached hydrogens (primary N) is 1. The summed E-state index contributed by atoms with van der Waals surface area (Å²) in [7, 11) is 0. The molecule has 0 aliphatic carbocycles. The van der Waals surface area contributed by atoms with E-state index < -0.39 is 17.9 Å². The number of carbonyl (C=O) groups is 1. The van der Waals surface area contributed by atoms with Crippen LogP contribution in [-0.4, -0.2) is 72.0 Å². The summed E-state index contributed by atoms with van der Waals surface area (Å²) >= 11 is 0. The number of fused-ring (bicyclic) bond motifs is 1. The fraction of sp³-hybridized carbons (Fsp3) is 0.333. The van der Waals surface area contributed by atoms with E-state index in [-0.39, 0.29) is 17.8 Å². The van der Waals surface area contributed by atoms with Gasteiger partial charge in [0.25, 0.3) is 0 Å². The maximum atomic E-state index is 12.9. The van der Waals surface area contributed by atoms with E-state index in [1.54, 1.807) is 12.1 Å². The predicted molar refractivity (Wildman–Crippen MR) is 132 cm³/mol. The second kappa shape index (κ2) is 10.2. The number of aliphatic imine (C=N–C) groups is 1. The topological polar surface area (TPSA) is 120 Å². The molecule has 5 rings (SSSR count). The summed E-state index contributed by atoms with van der Waals surface area (Å²) in [5.74, 6) is 0.151. The molecular weight excluding hydrogens is 489 g/mol. The minimum absolute atomic E-state index is 0.102. The van der Waals surface area contributed by atoms with Gasteiger partial charge in [-0.05, 0) is 29.8 Å². The van der Waals surface area contributed by atoms with Gasteiger partial charge in [0.2, 0.25) is 0 Å². The number of urea groups is 1. The second-order valence-electron chi connectivity index (χ2n) is 8.75. The van der Waals surface area contributed by atoms with E-state index in [0.29, 0.717) is 31.3 Å². The summed E-state index contributed by atoms with van der Waals surface area (Å²) in [6.07, 6.45) is -1.01. The molecule has 194 valence electrons. The Hall–Kier alpha value is -3.97. The van der Waals surface area contributed by atoms with Crippen LogP contribution < -0.4 is 16.4 Å². The normalized spacial score (nSPS) is 21.8. The van der Waals surface area contributed by atoms with Crippen molar-refractivity contribution in [1.82, 2.24) is 14.9 Å². The Balaban J connectivity index is 1.27. The molecule has 3 aliphatic rings. The van der Waals surface area contributed by atoms with Crippen molar-refractivity contribution in [2.45, 2.75) is 18.1 Å². The van der Waals surface area contributed by atoms with Crippen LogP contribution in [0.1, 0.15) is 17.2 Å². The number of amides is 2. The smallest absolute Gasteiger partial charge is 0.385 e. The van der Waals surface area contributed by atoms with Gasteiger partial charge in [-0.3, -0.25) is 15.2 Å². The van der Waals surface area contributed by atoms with Crippen LogP contribution in [0.5, 0.6) is 0 Å². The highest BCUT2D eigenvalue weighted by molar-refractivity contribution is 5.99. The van der Waals surface area contributed by atoms with E-state index in [0.717, 1.165) is 30.4 Å². The summed E-state index contributed by atoms with van der Waals surface area (Å²) in [6, 6.07) is 9.48. The number of nitrogens with zero attached hydrogens (tertiary/aromatic N) is 5.